The van der Waals surface area contributed by atoms with Gasteiger partial charge in [0, 0.05) is 19.3 Å². The highest BCUT2D eigenvalue weighted by Crippen LogP contribution is 2.16. The number of allylic oxidation sites excluding steroid dienone is 2. The number of esters is 3. The summed E-state index contributed by atoms with van der Waals surface area (Å²) in [6.07, 6.45) is 52.4. The molecule has 0 spiro atoms. The highest BCUT2D eigenvalue weighted by Gasteiger charge is 2.19. The molecule has 6 heteroatoms. The molecule has 6 nitrogen and oxygen atoms in total. The molecule has 0 radical (unpaired) electrons. The van der Waals surface area contributed by atoms with Gasteiger partial charge in [-0.3, -0.25) is 14.4 Å². The zero-order chi connectivity index (χ0) is 42.3. The van der Waals surface area contributed by atoms with Crippen LogP contribution in [0.2, 0.25) is 0 Å². The van der Waals surface area contributed by atoms with Crippen molar-refractivity contribution in [1.29, 1.82) is 0 Å². The summed E-state index contributed by atoms with van der Waals surface area (Å²) in [7, 11) is 0. The molecule has 0 aromatic carbocycles. The number of carbonyl (C=O) groups is 3. The topological polar surface area (TPSA) is 78.9 Å². The van der Waals surface area contributed by atoms with Gasteiger partial charge < -0.3 is 14.2 Å². The van der Waals surface area contributed by atoms with Crippen LogP contribution in [-0.4, -0.2) is 37.2 Å². The minimum atomic E-state index is -0.759. The Morgan fingerprint density at radius 2 is 0.569 bits per heavy atom. The Kier molecular flexibility index (Phi) is 46.3. The SMILES string of the molecule is CCCCCCCCCC/C=C\CCCCCCCCCCCCCCCC(=O)OCC(COC(=O)CCCCCCCCC)OC(=O)CCCCCCCCCC. The minimum absolute atomic E-state index is 0.0660. The predicted octanol–water partition coefficient (Wildman–Crippen LogP) is 16.6. The summed E-state index contributed by atoms with van der Waals surface area (Å²) < 4.78 is 16.7. The normalized spacial score (nSPS) is 12.0. The third kappa shape index (κ3) is 45.2. The van der Waals surface area contributed by atoms with Crippen LogP contribution in [0.4, 0.5) is 0 Å². The van der Waals surface area contributed by atoms with Crippen LogP contribution >= 0.6 is 0 Å². The quantitative estimate of drug-likeness (QED) is 0.0263. The first kappa shape index (κ1) is 56.1. The van der Waals surface area contributed by atoms with Gasteiger partial charge in [-0.05, 0) is 44.9 Å². The number of ether oxygens (including phenoxy) is 3. The van der Waals surface area contributed by atoms with E-state index >= 15 is 0 Å². The molecule has 0 bridgehead atoms. The highest BCUT2D eigenvalue weighted by molar-refractivity contribution is 5.71. The fourth-order valence-electron chi connectivity index (χ4n) is 7.61. The van der Waals surface area contributed by atoms with Crippen molar-refractivity contribution >= 4 is 17.9 Å². The zero-order valence-corrected chi connectivity index (χ0v) is 39.1. The summed E-state index contributed by atoms with van der Waals surface area (Å²) in [5.74, 6) is -0.866. The van der Waals surface area contributed by atoms with Crippen LogP contribution in [0.25, 0.3) is 0 Å². The second-order valence-corrected chi connectivity index (χ2v) is 17.4. The maximum Gasteiger partial charge on any atom is 0.306 e. The molecule has 0 aromatic heterocycles. The third-order valence-corrected chi connectivity index (χ3v) is 11.5. The molecule has 342 valence electrons. The Morgan fingerprint density at radius 1 is 0.328 bits per heavy atom. The van der Waals surface area contributed by atoms with Gasteiger partial charge in [0.1, 0.15) is 13.2 Å². The average molecular weight is 819 g/mol. The minimum Gasteiger partial charge on any atom is -0.462 e. The lowest BCUT2D eigenvalue weighted by Crippen LogP contribution is -2.30. The van der Waals surface area contributed by atoms with Crippen molar-refractivity contribution in [2.24, 2.45) is 0 Å². The van der Waals surface area contributed by atoms with Gasteiger partial charge in [0.2, 0.25) is 0 Å². The monoisotopic (exact) mass is 819 g/mol. The van der Waals surface area contributed by atoms with Crippen LogP contribution < -0.4 is 0 Å². The molecule has 58 heavy (non-hydrogen) atoms. The molecule has 0 fully saturated rings. The van der Waals surface area contributed by atoms with Gasteiger partial charge in [-0.1, -0.05) is 232 Å². The summed E-state index contributed by atoms with van der Waals surface area (Å²) in [6, 6.07) is 0. The van der Waals surface area contributed by atoms with E-state index in [-0.39, 0.29) is 31.1 Å². The Balaban J connectivity index is 3.98. The molecule has 0 aromatic rings. The van der Waals surface area contributed by atoms with Gasteiger partial charge in [-0.25, -0.2) is 0 Å². The molecule has 0 heterocycles. The van der Waals surface area contributed by atoms with E-state index < -0.39 is 6.10 Å². The van der Waals surface area contributed by atoms with E-state index in [2.05, 4.69) is 32.9 Å². The van der Waals surface area contributed by atoms with Gasteiger partial charge in [-0.15, -0.1) is 0 Å². The molecule has 0 saturated carbocycles. The first-order chi connectivity index (χ1) is 28.5. The van der Waals surface area contributed by atoms with E-state index in [0.29, 0.717) is 19.3 Å². The summed E-state index contributed by atoms with van der Waals surface area (Å²) in [5, 5.41) is 0. The van der Waals surface area contributed by atoms with Gasteiger partial charge in [0.15, 0.2) is 6.10 Å². The number of unbranched alkanes of at least 4 members (excludes halogenated alkanes) is 34. The molecular formula is C52H98O6. The highest BCUT2D eigenvalue weighted by atomic mass is 16.6. The maximum atomic E-state index is 12.6. The van der Waals surface area contributed by atoms with Crippen molar-refractivity contribution in [3.05, 3.63) is 12.2 Å². The molecule has 0 aliphatic rings. The van der Waals surface area contributed by atoms with Crippen molar-refractivity contribution in [2.75, 3.05) is 13.2 Å². The van der Waals surface area contributed by atoms with Crippen LogP contribution in [0.3, 0.4) is 0 Å². The van der Waals surface area contributed by atoms with Crippen LogP contribution in [0, 0.1) is 0 Å². The van der Waals surface area contributed by atoms with E-state index in [0.717, 1.165) is 57.8 Å². The molecule has 0 rings (SSSR count). The predicted molar refractivity (Wildman–Crippen MR) is 247 cm³/mol. The van der Waals surface area contributed by atoms with Gasteiger partial charge in [-0.2, -0.15) is 0 Å². The summed E-state index contributed by atoms with van der Waals surface area (Å²) in [5.41, 5.74) is 0. The van der Waals surface area contributed by atoms with Crippen molar-refractivity contribution in [3.8, 4) is 0 Å². The Hall–Kier alpha value is -1.85. The number of carbonyl (C=O) groups excluding carboxylic acids is 3. The van der Waals surface area contributed by atoms with Crippen LogP contribution in [0.5, 0.6) is 0 Å². The molecule has 0 N–H and O–H groups in total. The lowest BCUT2D eigenvalue weighted by Gasteiger charge is -2.18. The molecule has 0 amide bonds. The van der Waals surface area contributed by atoms with Crippen LogP contribution in [-0.2, 0) is 28.6 Å². The van der Waals surface area contributed by atoms with E-state index in [4.69, 9.17) is 14.2 Å². The van der Waals surface area contributed by atoms with E-state index in [1.54, 1.807) is 0 Å². The van der Waals surface area contributed by atoms with Gasteiger partial charge in [0.25, 0.3) is 0 Å². The fourth-order valence-corrected chi connectivity index (χ4v) is 7.61. The lowest BCUT2D eigenvalue weighted by atomic mass is 10.0. The maximum absolute atomic E-state index is 12.6. The largest absolute Gasteiger partial charge is 0.462 e. The zero-order valence-electron chi connectivity index (χ0n) is 39.1. The van der Waals surface area contributed by atoms with Gasteiger partial charge >= 0.3 is 17.9 Å². The smallest absolute Gasteiger partial charge is 0.306 e. The lowest BCUT2D eigenvalue weighted by molar-refractivity contribution is -0.167. The van der Waals surface area contributed by atoms with Crippen LogP contribution in [0.1, 0.15) is 284 Å². The average Bonchev–Trinajstić information content (AvgIpc) is 3.22. The molecular weight excluding hydrogens is 721 g/mol. The molecule has 1 atom stereocenters. The summed E-state index contributed by atoms with van der Waals surface area (Å²) >= 11 is 0. The summed E-state index contributed by atoms with van der Waals surface area (Å²) in [4.78, 5) is 37.6. The standard InChI is InChI=1S/C52H98O6/c1-4-7-10-13-16-18-19-20-21-22-23-24-25-26-27-28-29-30-31-32-33-34-37-39-42-45-51(54)57-48-49(47-56-50(53)44-41-38-35-15-12-9-6-3)58-52(55)46-43-40-36-17-14-11-8-5-2/h22-23,49H,4-21,24-48H2,1-3H3/b23-22-. The fraction of sp³-hybridized carbons (Fsp3) is 0.904. The first-order valence-corrected chi connectivity index (χ1v) is 25.7. The first-order valence-electron chi connectivity index (χ1n) is 25.7. The third-order valence-electron chi connectivity index (χ3n) is 11.5. The Bertz CT molecular complexity index is 900. The molecule has 1 unspecified atom stereocenters. The number of hydrogen-bond donors (Lipinski definition) is 0. The van der Waals surface area contributed by atoms with Crippen molar-refractivity contribution in [1.82, 2.24) is 0 Å². The number of rotatable bonds is 47. The van der Waals surface area contributed by atoms with E-state index in [1.165, 1.54) is 186 Å². The van der Waals surface area contributed by atoms with Crippen molar-refractivity contribution in [3.63, 3.8) is 0 Å². The molecule has 0 saturated heterocycles. The van der Waals surface area contributed by atoms with Crippen LogP contribution in [0.15, 0.2) is 12.2 Å². The number of hydrogen-bond acceptors (Lipinski definition) is 6. The summed E-state index contributed by atoms with van der Waals surface area (Å²) in [6.45, 7) is 6.59. The van der Waals surface area contributed by atoms with Gasteiger partial charge in [0.05, 0.1) is 0 Å². The molecule has 0 aliphatic carbocycles. The second kappa shape index (κ2) is 47.8. The van der Waals surface area contributed by atoms with Crippen molar-refractivity contribution < 1.29 is 28.6 Å². The Labute approximate surface area is 360 Å². The second-order valence-electron chi connectivity index (χ2n) is 17.4. The van der Waals surface area contributed by atoms with E-state index in [9.17, 15) is 14.4 Å². The Morgan fingerprint density at radius 3 is 0.862 bits per heavy atom. The van der Waals surface area contributed by atoms with Crippen molar-refractivity contribution in [2.45, 2.75) is 290 Å². The molecule has 0 aliphatic heterocycles. The van der Waals surface area contributed by atoms with E-state index in [1.807, 2.05) is 0 Å².